The highest BCUT2D eigenvalue weighted by atomic mass is 35.5. The van der Waals surface area contributed by atoms with Crippen LogP contribution in [0, 0.1) is 19.8 Å². The van der Waals surface area contributed by atoms with Crippen LogP contribution in [-0.4, -0.2) is 25.1 Å². The van der Waals surface area contributed by atoms with Crippen molar-refractivity contribution in [1.29, 1.82) is 0 Å². The topological polar surface area (TPSA) is 68.2 Å². The molecule has 176 valence electrons. The quantitative estimate of drug-likeness (QED) is 0.452. The zero-order valence-electron chi connectivity index (χ0n) is 19.6. The zero-order valence-corrected chi connectivity index (χ0v) is 21.2. The van der Waals surface area contributed by atoms with Gasteiger partial charge < -0.3 is 9.88 Å². The van der Waals surface area contributed by atoms with Crippen LogP contribution in [0.25, 0.3) is 11.3 Å². The van der Waals surface area contributed by atoms with E-state index < -0.39 is 9.84 Å². The van der Waals surface area contributed by atoms with Crippen LogP contribution >= 0.6 is 11.6 Å². The van der Waals surface area contributed by atoms with Crippen LogP contribution in [0.5, 0.6) is 0 Å². The minimum atomic E-state index is -3.29. The fraction of sp³-hybridized carbons (Fsp3) is 0.222. The van der Waals surface area contributed by atoms with Crippen LogP contribution in [0.2, 0.25) is 0 Å². The van der Waals surface area contributed by atoms with Gasteiger partial charge in [-0.2, -0.15) is 0 Å². The summed E-state index contributed by atoms with van der Waals surface area (Å²) < 4.78 is 25.5. The molecule has 1 amide bonds. The van der Waals surface area contributed by atoms with Gasteiger partial charge in [0.05, 0.1) is 16.1 Å². The number of carbonyl (C=O) groups excluding carboxylic acids is 1. The molecule has 34 heavy (non-hydrogen) atoms. The fourth-order valence-electron chi connectivity index (χ4n) is 4.43. The zero-order chi connectivity index (χ0) is 24.6. The molecule has 0 saturated heterocycles. The molecule has 0 aliphatic heterocycles. The SMILES string of the molecule is Cc1cc(C(=O)Nc2ccc(S(C)(=O)=O)cc2)c(C)n1-c1ccccc1C1=CC=C(Cl)CC1C. The van der Waals surface area contributed by atoms with Gasteiger partial charge in [-0.25, -0.2) is 8.42 Å². The second-order valence-corrected chi connectivity index (χ2v) is 11.2. The Bertz CT molecular complexity index is 1430. The number of anilines is 1. The number of rotatable bonds is 5. The monoisotopic (exact) mass is 494 g/mol. The molecule has 1 unspecified atom stereocenters. The van der Waals surface area contributed by atoms with Crippen molar-refractivity contribution in [2.24, 2.45) is 5.92 Å². The lowest BCUT2D eigenvalue weighted by atomic mass is 9.87. The van der Waals surface area contributed by atoms with Crippen molar-refractivity contribution < 1.29 is 13.2 Å². The van der Waals surface area contributed by atoms with E-state index in [2.05, 4.69) is 35.0 Å². The molecular weight excluding hydrogens is 468 g/mol. The van der Waals surface area contributed by atoms with Crippen molar-refractivity contribution >= 4 is 38.6 Å². The highest BCUT2D eigenvalue weighted by Crippen LogP contribution is 2.37. The van der Waals surface area contributed by atoms with Gasteiger partial charge in [0.15, 0.2) is 9.84 Å². The molecule has 2 aromatic carbocycles. The average molecular weight is 495 g/mol. The molecule has 7 heteroatoms. The Morgan fingerprint density at radius 3 is 2.38 bits per heavy atom. The van der Waals surface area contributed by atoms with Crippen molar-refractivity contribution in [3.05, 3.63) is 94.3 Å². The van der Waals surface area contributed by atoms with Gasteiger partial charge >= 0.3 is 0 Å². The minimum absolute atomic E-state index is 0.211. The van der Waals surface area contributed by atoms with Crippen LogP contribution in [0.4, 0.5) is 5.69 Å². The molecule has 0 saturated carbocycles. The Hall–Kier alpha value is -3.09. The number of halogens is 1. The Kier molecular flexibility index (Phi) is 6.56. The van der Waals surface area contributed by atoms with Gasteiger partial charge in [0, 0.05) is 33.9 Å². The van der Waals surface area contributed by atoms with Crippen LogP contribution in [0.1, 0.15) is 40.7 Å². The van der Waals surface area contributed by atoms with Gasteiger partial charge in [0.25, 0.3) is 5.91 Å². The summed E-state index contributed by atoms with van der Waals surface area (Å²) in [5, 5.41) is 3.73. The largest absolute Gasteiger partial charge is 0.322 e. The normalized spacial score (nSPS) is 16.1. The van der Waals surface area contributed by atoms with Gasteiger partial charge in [-0.15, -0.1) is 0 Å². The maximum absolute atomic E-state index is 13.1. The van der Waals surface area contributed by atoms with E-state index in [1.165, 1.54) is 17.7 Å². The standard InChI is InChI=1S/C27H27ClN2O3S/c1-17-15-20(28)9-14-23(17)24-7-5-6-8-26(24)30-18(2)16-25(19(30)3)27(31)29-21-10-12-22(13-11-21)34(4,32)33/h5-14,16-17H,15H2,1-4H3,(H,29,31). The molecule has 1 aliphatic rings. The molecule has 0 radical (unpaired) electrons. The number of allylic oxidation sites excluding steroid dienone is 4. The van der Waals surface area contributed by atoms with Gasteiger partial charge in [-0.3, -0.25) is 4.79 Å². The minimum Gasteiger partial charge on any atom is -0.322 e. The molecule has 3 aromatic rings. The average Bonchev–Trinajstić information content (AvgIpc) is 3.07. The number of amides is 1. The third-order valence-electron chi connectivity index (χ3n) is 6.15. The predicted molar refractivity (Wildman–Crippen MR) is 138 cm³/mol. The van der Waals surface area contributed by atoms with E-state index in [4.69, 9.17) is 11.6 Å². The number of sulfone groups is 1. The maximum Gasteiger partial charge on any atom is 0.257 e. The van der Waals surface area contributed by atoms with Gasteiger partial charge in [0.2, 0.25) is 0 Å². The van der Waals surface area contributed by atoms with Crippen molar-refractivity contribution in [3.63, 3.8) is 0 Å². The maximum atomic E-state index is 13.1. The summed E-state index contributed by atoms with van der Waals surface area (Å²) in [5.74, 6) is 0.0383. The van der Waals surface area contributed by atoms with Gasteiger partial charge in [-0.1, -0.05) is 42.8 Å². The highest BCUT2D eigenvalue weighted by Gasteiger charge is 2.22. The van der Waals surface area contributed by atoms with Crippen molar-refractivity contribution in [2.75, 3.05) is 11.6 Å². The summed E-state index contributed by atoms with van der Waals surface area (Å²) in [6.45, 7) is 6.08. The molecule has 0 bridgehead atoms. The van der Waals surface area contributed by atoms with E-state index in [1.54, 1.807) is 12.1 Å². The summed E-state index contributed by atoms with van der Waals surface area (Å²) >= 11 is 6.24. The summed E-state index contributed by atoms with van der Waals surface area (Å²) in [5.41, 5.74) is 6.21. The first-order chi connectivity index (χ1) is 16.1. The first-order valence-electron chi connectivity index (χ1n) is 11.0. The lowest BCUT2D eigenvalue weighted by Gasteiger charge is -2.23. The van der Waals surface area contributed by atoms with E-state index in [1.807, 2.05) is 38.1 Å². The number of benzene rings is 2. The number of aromatic nitrogens is 1. The summed E-state index contributed by atoms with van der Waals surface area (Å²) in [6.07, 6.45) is 5.99. The van der Waals surface area contributed by atoms with Gasteiger partial charge in [0.1, 0.15) is 0 Å². The Morgan fingerprint density at radius 1 is 1.06 bits per heavy atom. The molecule has 0 fully saturated rings. The van der Waals surface area contributed by atoms with Gasteiger partial charge in [-0.05, 0) is 74.2 Å². The van der Waals surface area contributed by atoms with E-state index in [9.17, 15) is 13.2 Å². The first kappa shape index (κ1) is 24.0. The number of nitrogens with one attached hydrogen (secondary N) is 1. The van der Waals surface area contributed by atoms with E-state index in [0.717, 1.165) is 40.3 Å². The number of carbonyl (C=O) groups is 1. The molecule has 1 aromatic heterocycles. The summed E-state index contributed by atoms with van der Waals surface area (Å²) in [4.78, 5) is 13.3. The predicted octanol–water partition coefficient (Wildman–Crippen LogP) is 6.30. The molecule has 1 N–H and O–H groups in total. The van der Waals surface area contributed by atoms with Crippen molar-refractivity contribution in [2.45, 2.75) is 32.1 Å². The molecule has 1 aliphatic carbocycles. The molecule has 1 atom stereocenters. The first-order valence-corrected chi connectivity index (χ1v) is 13.3. The lowest BCUT2D eigenvalue weighted by molar-refractivity contribution is 0.102. The second kappa shape index (κ2) is 9.28. The second-order valence-electron chi connectivity index (χ2n) is 8.73. The number of hydrogen-bond acceptors (Lipinski definition) is 3. The number of aryl methyl sites for hydroxylation is 1. The number of hydrogen-bond donors (Lipinski definition) is 1. The van der Waals surface area contributed by atoms with E-state index in [-0.39, 0.29) is 16.7 Å². The van der Waals surface area contributed by atoms with Crippen LogP contribution < -0.4 is 5.32 Å². The number of para-hydroxylation sites is 1. The Labute approximate surface area is 205 Å². The van der Waals surface area contributed by atoms with Crippen molar-refractivity contribution in [3.8, 4) is 5.69 Å². The molecule has 5 nitrogen and oxygen atoms in total. The third kappa shape index (κ3) is 4.74. The van der Waals surface area contributed by atoms with Crippen molar-refractivity contribution in [1.82, 2.24) is 4.57 Å². The Balaban J connectivity index is 1.69. The Morgan fingerprint density at radius 2 is 1.74 bits per heavy atom. The molecule has 0 spiro atoms. The smallest absolute Gasteiger partial charge is 0.257 e. The van der Waals surface area contributed by atoms with E-state index in [0.29, 0.717) is 11.3 Å². The third-order valence-corrected chi connectivity index (χ3v) is 7.56. The highest BCUT2D eigenvalue weighted by molar-refractivity contribution is 7.90. The van der Waals surface area contributed by atoms with Crippen LogP contribution in [-0.2, 0) is 9.84 Å². The van der Waals surface area contributed by atoms with E-state index >= 15 is 0 Å². The summed E-state index contributed by atoms with van der Waals surface area (Å²) in [6, 6.07) is 16.2. The fourth-order valence-corrected chi connectivity index (χ4v) is 5.36. The molecule has 1 heterocycles. The van der Waals surface area contributed by atoms with Crippen LogP contribution in [0.15, 0.2) is 76.7 Å². The summed E-state index contributed by atoms with van der Waals surface area (Å²) in [7, 11) is -3.29. The lowest BCUT2D eigenvalue weighted by Crippen LogP contribution is -2.14. The van der Waals surface area contributed by atoms with Crippen LogP contribution in [0.3, 0.4) is 0 Å². The molecule has 4 rings (SSSR count). The number of nitrogens with zero attached hydrogens (tertiary/aromatic N) is 1. The molecular formula is C27H27ClN2O3S.